The van der Waals surface area contributed by atoms with Gasteiger partial charge in [-0.05, 0) is 49.6 Å². The number of aryl methyl sites for hydroxylation is 1. The lowest BCUT2D eigenvalue weighted by Gasteiger charge is -2.19. The van der Waals surface area contributed by atoms with Crippen LogP contribution in [0, 0.1) is 6.92 Å². The smallest absolute Gasteiger partial charge is 0.229 e. The summed E-state index contributed by atoms with van der Waals surface area (Å²) < 4.78 is 4.15. The highest BCUT2D eigenvalue weighted by Crippen LogP contribution is 2.37. The molecular weight excluding hydrogens is 296 g/mol. The van der Waals surface area contributed by atoms with E-state index in [1.54, 1.807) is 31.2 Å². The molecule has 0 atom stereocenters. The second kappa shape index (κ2) is 5.73. The minimum absolute atomic E-state index is 0.0161. The summed E-state index contributed by atoms with van der Waals surface area (Å²) in [4.78, 5) is 24.7. The fourth-order valence-corrected chi connectivity index (χ4v) is 2.91. The van der Waals surface area contributed by atoms with Gasteiger partial charge in [0.1, 0.15) is 5.00 Å². The molecule has 0 saturated carbocycles. The number of amides is 1. The van der Waals surface area contributed by atoms with Crippen LogP contribution in [-0.4, -0.2) is 16.1 Å². The molecule has 1 aromatic heterocycles. The summed E-state index contributed by atoms with van der Waals surface area (Å²) in [5.41, 5.74) is 1.95. The Morgan fingerprint density at radius 2 is 1.80 bits per heavy atom. The Morgan fingerprint density at radius 1 is 1.20 bits per heavy atom. The van der Waals surface area contributed by atoms with Crippen LogP contribution in [0.25, 0.3) is 0 Å². The zero-order valence-electron chi connectivity index (χ0n) is 11.3. The maximum atomic E-state index is 11.9. The molecule has 0 aliphatic rings. The Bertz CT molecular complexity index is 664. The van der Waals surface area contributed by atoms with Gasteiger partial charge in [0.15, 0.2) is 5.78 Å². The van der Waals surface area contributed by atoms with E-state index < -0.39 is 0 Å². The number of hydrogen-bond donors (Lipinski definition) is 0. The van der Waals surface area contributed by atoms with Crippen LogP contribution in [0.2, 0.25) is 5.02 Å². The normalized spacial score (nSPS) is 10.4. The van der Waals surface area contributed by atoms with E-state index >= 15 is 0 Å². The largest absolute Gasteiger partial charge is 0.295 e. The van der Waals surface area contributed by atoms with Crippen LogP contribution in [0.1, 0.15) is 29.9 Å². The predicted octanol–water partition coefficient (Wildman–Crippen LogP) is 3.99. The van der Waals surface area contributed by atoms with Gasteiger partial charge in [-0.2, -0.15) is 4.37 Å². The fourth-order valence-electron chi connectivity index (χ4n) is 1.77. The van der Waals surface area contributed by atoms with Gasteiger partial charge in [-0.3, -0.25) is 14.5 Å². The van der Waals surface area contributed by atoms with Gasteiger partial charge in [0.2, 0.25) is 5.91 Å². The third-order valence-corrected chi connectivity index (χ3v) is 4.31. The Morgan fingerprint density at radius 3 is 2.20 bits per heavy atom. The zero-order chi connectivity index (χ0) is 14.9. The van der Waals surface area contributed by atoms with E-state index in [4.69, 9.17) is 11.6 Å². The second-order valence-corrected chi connectivity index (χ2v) is 5.47. The molecule has 2 aromatic rings. The average molecular weight is 309 g/mol. The number of rotatable bonds is 3. The highest BCUT2D eigenvalue weighted by molar-refractivity contribution is 7.11. The molecule has 0 bridgehead atoms. The summed E-state index contributed by atoms with van der Waals surface area (Å²) in [6.07, 6.45) is 0. The van der Waals surface area contributed by atoms with Crippen LogP contribution in [0.4, 0.5) is 10.7 Å². The van der Waals surface area contributed by atoms with Crippen molar-refractivity contribution >= 4 is 45.5 Å². The van der Waals surface area contributed by atoms with Crippen LogP contribution < -0.4 is 4.90 Å². The van der Waals surface area contributed by atoms with Gasteiger partial charge in [-0.1, -0.05) is 11.6 Å². The average Bonchev–Trinajstić information content (AvgIpc) is 2.71. The molecule has 4 nitrogen and oxygen atoms in total. The van der Waals surface area contributed by atoms with E-state index in [2.05, 4.69) is 4.37 Å². The molecule has 0 aliphatic carbocycles. The lowest BCUT2D eigenvalue weighted by Crippen LogP contribution is -2.22. The number of carbonyl (C=O) groups is 2. The molecular formula is C14H13ClN2O2S. The van der Waals surface area contributed by atoms with Gasteiger partial charge in [0, 0.05) is 18.2 Å². The monoisotopic (exact) mass is 308 g/mol. The minimum Gasteiger partial charge on any atom is -0.295 e. The van der Waals surface area contributed by atoms with E-state index in [0.717, 1.165) is 0 Å². The van der Waals surface area contributed by atoms with Crippen molar-refractivity contribution in [3.8, 4) is 0 Å². The third-order valence-electron chi connectivity index (χ3n) is 2.82. The van der Waals surface area contributed by atoms with Crippen molar-refractivity contribution in [1.29, 1.82) is 0 Å². The molecule has 0 spiro atoms. The molecule has 0 radical (unpaired) electrons. The fraction of sp³-hybridized carbons (Fsp3) is 0.214. The number of Topliss-reactive ketones (excluding diaryl/α,β-unsaturated/α-hetero) is 1. The topological polar surface area (TPSA) is 50.3 Å². The molecule has 0 aliphatic heterocycles. The van der Waals surface area contributed by atoms with E-state index in [9.17, 15) is 9.59 Å². The third kappa shape index (κ3) is 2.73. The lowest BCUT2D eigenvalue weighted by atomic mass is 10.1. The van der Waals surface area contributed by atoms with Crippen molar-refractivity contribution in [2.45, 2.75) is 20.8 Å². The molecule has 2 rings (SSSR count). The number of hydrogen-bond acceptors (Lipinski definition) is 4. The van der Waals surface area contributed by atoms with Crippen molar-refractivity contribution in [2.24, 2.45) is 0 Å². The van der Waals surface area contributed by atoms with Crippen molar-refractivity contribution in [3.63, 3.8) is 0 Å². The Kier molecular flexibility index (Phi) is 4.20. The summed E-state index contributed by atoms with van der Waals surface area (Å²) >= 11 is 7.35. The SMILES string of the molecule is CC(=O)c1ccc(N(C(C)=O)c2snc(C)c2Cl)cc1. The first-order valence-electron chi connectivity index (χ1n) is 5.95. The molecule has 0 unspecified atom stereocenters. The first kappa shape index (κ1) is 14.7. The van der Waals surface area contributed by atoms with E-state index in [-0.39, 0.29) is 11.7 Å². The molecule has 20 heavy (non-hydrogen) atoms. The van der Waals surface area contributed by atoms with Crippen molar-refractivity contribution < 1.29 is 9.59 Å². The predicted molar refractivity (Wildman–Crippen MR) is 81.1 cm³/mol. The number of aromatic nitrogens is 1. The van der Waals surface area contributed by atoms with E-state index in [0.29, 0.717) is 27.0 Å². The number of ketones is 1. The first-order chi connectivity index (χ1) is 9.41. The first-order valence-corrected chi connectivity index (χ1v) is 7.10. The van der Waals surface area contributed by atoms with Crippen LogP contribution >= 0.6 is 23.1 Å². The van der Waals surface area contributed by atoms with Gasteiger partial charge in [0.25, 0.3) is 0 Å². The van der Waals surface area contributed by atoms with Crippen LogP contribution in [-0.2, 0) is 4.79 Å². The summed E-state index contributed by atoms with van der Waals surface area (Å²) in [5.74, 6) is -0.177. The highest BCUT2D eigenvalue weighted by Gasteiger charge is 2.21. The minimum atomic E-state index is -0.161. The molecule has 1 amide bonds. The number of anilines is 2. The maximum Gasteiger partial charge on any atom is 0.229 e. The Labute approximate surface area is 126 Å². The van der Waals surface area contributed by atoms with Crippen LogP contribution in [0.15, 0.2) is 24.3 Å². The molecule has 1 heterocycles. The van der Waals surface area contributed by atoms with Gasteiger partial charge in [-0.25, -0.2) is 0 Å². The lowest BCUT2D eigenvalue weighted by molar-refractivity contribution is -0.115. The zero-order valence-corrected chi connectivity index (χ0v) is 12.9. The summed E-state index contributed by atoms with van der Waals surface area (Å²) in [5, 5.41) is 1.06. The standard InChI is InChI=1S/C14H13ClN2O2S/c1-8-13(15)14(20-16-8)17(10(3)19)12-6-4-11(5-7-12)9(2)18/h4-7H,1-3H3. The van der Waals surface area contributed by atoms with Crippen molar-refractivity contribution in [1.82, 2.24) is 4.37 Å². The Balaban J connectivity index is 2.46. The summed E-state index contributed by atoms with van der Waals surface area (Å²) in [6.45, 7) is 4.75. The maximum absolute atomic E-state index is 11.9. The highest BCUT2D eigenvalue weighted by atomic mass is 35.5. The number of halogens is 1. The Hall–Kier alpha value is -1.72. The molecule has 0 saturated heterocycles. The number of nitrogens with zero attached hydrogens (tertiary/aromatic N) is 2. The molecule has 1 aromatic carbocycles. The summed E-state index contributed by atoms with van der Waals surface area (Å²) in [6, 6.07) is 6.83. The van der Waals surface area contributed by atoms with Crippen molar-refractivity contribution in [2.75, 3.05) is 4.90 Å². The second-order valence-electron chi connectivity index (χ2n) is 4.34. The summed E-state index contributed by atoms with van der Waals surface area (Å²) in [7, 11) is 0. The van der Waals surface area contributed by atoms with Gasteiger partial charge in [0.05, 0.1) is 10.7 Å². The molecule has 0 N–H and O–H groups in total. The van der Waals surface area contributed by atoms with Crippen LogP contribution in [0.5, 0.6) is 0 Å². The number of benzene rings is 1. The van der Waals surface area contributed by atoms with Crippen molar-refractivity contribution in [3.05, 3.63) is 40.5 Å². The molecule has 0 fully saturated rings. The van der Waals surface area contributed by atoms with E-state index in [1.165, 1.54) is 30.3 Å². The quantitative estimate of drug-likeness (QED) is 0.805. The van der Waals surface area contributed by atoms with E-state index in [1.807, 2.05) is 0 Å². The van der Waals surface area contributed by atoms with Gasteiger partial charge in [-0.15, -0.1) is 0 Å². The van der Waals surface area contributed by atoms with Crippen LogP contribution in [0.3, 0.4) is 0 Å². The van der Waals surface area contributed by atoms with Gasteiger partial charge >= 0.3 is 0 Å². The van der Waals surface area contributed by atoms with Gasteiger partial charge < -0.3 is 0 Å². The molecule has 6 heteroatoms. The molecule has 104 valence electrons. The number of carbonyl (C=O) groups excluding carboxylic acids is 2.